The first-order valence-electron chi connectivity index (χ1n) is 7.89. The Labute approximate surface area is 135 Å². The van der Waals surface area contributed by atoms with Gasteiger partial charge in [0, 0.05) is 12.6 Å². The molecular weight excluding hydrogens is 274 g/mol. The number of nitrogens with zero attached hydrogens (tertiary/aromatic N) is 1. The second kappa shape index (κ2) is 8.02. The molecule has 1 unspecified atom stereocenters. The molecule has 0 fully saturated rings. The van der Waals surface area contributed by atoms with Crippen molar-refractivity contribution in [2.24, 2.45) is 5.92 Å². The van der Waals surface area contributed by atoms with Crippen molar-refractivity contribution < 1.29 is 9.53 Å². The lowest BCUT2D eigenvalue weighted by Crippen LogP contribution is -2.45. The first-order chi connectivity index (χ1) is 10.2. The average molecular weight is 303 g/mol. The minimum Gasteiger partial charge on any atom is -0.444 e. The van der Waals surface area contributed by atoms with Gasteiger partial charge in [0.15, 0.2) is 0 Å². The van der Waals surface area contributed by atoms with Crippen LogP contribution in [0.15, 0.2) is 43.0 Å². The Balaban J connectivity index is 3.02. The van der Waals surface area contributed by atoms with Crippen molar-refractivity contribution in [2.75, 3.05) is 0 Å². The van der Waals surface area contributed by atoms with E-state index in [-0.39, 0.29) is 12.1 Å². The quantitative estimate of drug-likeness (QED) is 0.690. The molecule has 1 aromatic carbocycles. The van der Waals surface area contributed by atoms with Crippen molar-refractivity contribution in [1.82, 2.24) is 4.90 Å². The highest BCUT2D eigenvalue weighted by molar-refractivity contribution is 5.68. The molecule has 0 heterocycles. The SMILES string of the molecule is C=CCC(C(C)C)N(Cc1ccccc1)C(=O)OC(C)(C)C. The van der Waals surface area contributed by atoms with Crippen LogP contribution in [0.1, 0.15) is 46.6 Å². The summed E-state index contributed by atoms with van der Waals surface area (Å²) >= 11 is 0. The van der Waals surface area contributed by atoms with Gasteiger partial charge in [0.2, 0.25) is 0 Å². The van der Waals surface area contributed by atoms with E-state index in [4.69, 9.17) is 4.74 Å². The summed E-state index contributed by atoms with van der Waals surface area (Å²) in [5.41, 5.74) is 0.602. The summed E-state index contributed by atoms with van der Waals surface area (Å²) in [7, 11) is 0. The Morgan fingerprint density at radius 3 is 2.32 bits per heavy atom. The number of rotatable bonds is 6. The third-order valence-corrected chi connectivity index (χ3v) is 3.40. The van der Waals surface area contributed by atoms with Crippen molar-refractivity contribution in [3.05, 3.63) is 48.6 Å². The number of hydrogen-bond donors (Lipinski definition) is 0. The molecule has 3 heteroatoms. The van der Waals surface area contributed by atoms with Gasteiger partial charge < -0.3 is 9.64 Å². The van der Waals surface area contributed by atoms with E-state index >= 15 is 0 Å². The zero-order valence-electron chi connectivity index (χ0n) is 14.5. The smallest absolute Gasteiger partial charge is 0.410 e. The lowest BCUT2D eigenvalue weighted by molar-refractivity contribution is 0.00905. The molecule has 0 aromatic heterocycles. The van der Waals surface area contributed by atoms with Gasteiger partial charge in [-0.15, -0.1) is 6.58 Å². The van der Waals surface area contributed by atoms with Crippen molar-refractivity contribution in [2.45, 2.75) is 59.2 Å². The van der Waals surface area contributed by atoms with Crippen LogP contribution in [0, 0.1) is 5.92 Å². The summed E-state index contributed by atoms with van der Waals surface area (Å²) in [4.78, 5) is 14.5. The van der Waals surface area contributed by atoms with Crippen molar-refractivity contribution >= 4 is 6.09 Å². The summed E-state index contributed by atoms with van der Waals surface area (Å²) < 4.78 is 5.60. The van der Waals surface area contributed by atoms with Crippen LogP contribution in [-0.4, -0.2) is 22.6 Å². The van der Waals surface area contributed by atoms with Crippen LogP contribution in [0.2, 0.25) is 0 Å². The van der Waals surface area contributed by atoms with E-state index in [1.165, 1.54) is 0 Å². The molecule has 1 rings (SSSR count). The molecule has 0 aliphatic rings. The molecule has 0 aliphatic carbocycles. The van der Waals surface area contributed by atoms with Crippen LogP contribution in [0.5, 0.6) is 0 Å². The van der Waals surface area contributed by atoms with Crippen LogP contribution in [0.4, 0.5) is 4.79 Å². The van der Waals surface area contributed by atoms with Crippen molar-refractivity contribution in [3.63, 3.8) is 0 Å². The normalized spacial score (nSPS) is 12.8. The molecule has 0 spiro atoms. The van der Waals surface area contributed by atoms with Gasteiger partial charge in [0.25, 0.3) is 0 Å². The summed E-state index contributed by atoms with van der Waals surface area (Å²) in [6.45, 7) is 14.3. The molecule has 1 aromatic rings. The second-order valence-electron chi connectivity index (χ2n) is 6.93. The Morgan fingerprint density at radius 2 is 1.86 bits per heavy atom. The predicted octanol–water partition coefficient (Wildman–Crippen LogP) is 5.02. The first kappa shape index (κ1) is 18.3. The molecule has 0 N–H and O–H groups in total. The molecule has 22 heavy (non-hydrogen) atoms. The lowest BCUT2D eigenvalue weighted by Gasteiger charge is -2.35. The Morgan fingerprint density at radius 1 is 1.27 bits per heavy atom. The fourth-order valence-corrected chi connectivity index (χ4v) is 2.35. The van der Waals surface area contributed by atoms with E-state index in [1.807, 2.05) is 62.1 Å². The van der Waals surface area contributed by atoms with Crippen LogP contribution in [0.25, 0.3) is 0 Å². The first-order valence-corrected chi connectivity index (χ1v) is 7.89. The summed E-state index contributed by atoms with van der Waals surface area (Å²) in [5, 5.41) is 0. The van der Waals surface area contributed by atoms with E-state index in [0.717, 1.165) is 12.0 Å². The number of ether oxygens (including phenoxy) is 1. The second-order valence-corrected chi connectivity index (χ2v) is 6.93. The van der Waals surface area contributed by atoms with E-state index in [1.54, 1.807) is 0 Å². The fraction of sp³-hybridized carbons (Fsp3) is 0.526. The Bertz CT molecular complexity index is 474. The maximum Gasteiger partial charge on any atom is 0.410 e. The molecule has 3 nitrogen and oxygen atoms in total. The largest absolute Gasteiger partial charge is 0.444 e. The topological polar surface area (TPSA) is 29.5 Å². The van der Waals surface area contributed by atoms with Gasteiger partial charge in [0.1, 0.15) is 5.60 Å². The number of carbonyl (C=O) groups excluding carboxylic acids is 1. The third-order valence-electron chi connectivity index (χ3n) is 3.40. The minimum absolute atomic E-state index is 0.0764. The molecule has 1 amide bonds. The maximum absolute atomic E-state index is 12.7. The van der Waals surface area contributed by atoms with Gasteiger partial charge in [-0.05, 0) is 38.7 Å². The van der Waals surface area contributed by atoms with Gasteiger partial charge in [-0.25, -0.2) is 4.79 Å². The van der Waals surface area contributed by atoms with Gasteiger partial charge in [0.05, 0.1) is 0 Å². The van der Waals surface area contributed by atoms with Crippen LogP contribution in [-0.2, 0) is 11.3 Å². The van der Waals surface area contributed by atoms with Crippen LogP contribution < -0.4 is 0 Å². The summed E-state index contributed by atoms with van der Waals surface area (Å²) in [6, 6.07) is 10.1. The van der Waals surface area contributed by atoms with Gasteiger partial charge in [-0.2, -0.15) is 0 Å². The average Bonchev–Trinajstić information content (AvgIpc) is 2.41. The van der Waals surface area contributed by atoms with Gasteiger partial charge in [-0.3, -0.25) is 0 Å². The zero-order chi connectivity index (χ0) is 16.8. The molecule has 122 valence electrons. The Kier molecular flexibility index (Phi) is 6.66. The number of hydrogen-bond acceptors (Lipinski definition) is 2. The predicted molar refractivity (Wildman–Crippen MR) is 91.7 cm³/mol. The van der Waals surface area contributed by atoms with Gasteiger partial charge in [-0.1, -0.05) is 50.3 Å². The lowest BCUT2D eigenvalue weighted by atomic mass is 9.98. The van der Waals surface area contributed by atoms with Gasteiger partial charge >= 0.3 is 6.09 Å². The highest BCUT2D eigenvalue weighted by Gasteiger charge is 2.29. The van der Waals surface area contributed by atoms with Crippen molar-refractivity contribution in [3.8, 4) is 0 Å². The molecular formula is C19H29NO2. The zero-order valence-corrected chi connectivity index (χ0v) is 14.5. The van der Waals surface area contributed by atoms with Crippen LogP contribution >= 0.6 is 0 Å². The minimum atomic E-state index is -0.498. The highest BCUT2D eigenvalue weighted by atomic mass is 16.6. The Hall–Kier alpha value is -1.77. The van der Waals surface area contributed by atoms with E-state index < -0.39 is 5.60 Å². The summed E-state index contributed by atoms with van der Waals surface area (Å²) in [6.07, 6.45) is 2.36. The molecule has 0 saturated heterocycles. The van der Waals surface area contributed by atoms with E-state index in [0.29, 0.717) is 12.5 Å². The van der Waals surface area contributed by atoms with E-state index in [9.17, 15) is 4.79 Å². The molecule has 0 radical (unpaired) electrons. The number of benzene rings is 1. The molecule has 1 atom stereocenters. The number of amides is 1. The third kappa shape index (κ3) is 5.92. The highest BCUT2D eigenvalue weighted by Crippen LogP contribution is 2.21. The van der Waals surface area contributed by atoms with E-state index in [2.05, 4.69) is 20.4 Å². The maximum atomic E-state index is 12.7. The number of carbonyl (C=O) groups is 1. The fourth-order valence-electron chi connectivity index (χ4n) is 2.35. The molecule has 0 aliphatic heterocycles. The summed E-state index contributed by atoms with van der Waals surface area (Å²) in [5.74, 6) is 0.328. The monoisotopic (exact) mass is 303 g/mol. The van der Waals surface area contributed by atoms with Crippen LogP contribution in [0.3, 0.4) is 0 Å². The van der Waals surface area contributed by atoms with Crippen molar-refractivity contribution in [1.29, 1.82) is 0 Å². The standard InChI is InChI=1S/C19H29NO2/c1-7-11-17(15(2)3)20(18(21)22-19(4,5)6)14-16-12-9-8-10-13-16/h7-10,12-13,15,17H,1,11,14H2,2-6H3. The molecule has 0 bridgehead atoms. The molecule has 0 saturated carbocycles.